The molecule has 1 aliphatic heterocycles. The molecule has 2 aromatic rings. The molecule has 1 saturated heterocycles. The number of pyridine rings is 1. The Bertz CT molecular complexity index is 694. The van der Waals surface area contributed by atoms with Gasteiger partial charge in [0.05, 0.1) is 12.5 Å². The van der Waals surface area contributed by atoms with E-state index in [1.165, 1.54) is 0 Å². The molecule has 1 aromatic heterocycles. The standard InChI is InChI=1S/C18H20ClN3O.2ClH/c1-13-6-7-14(11-21-13)10-18(23)22-9-8-20-12-17(22)15-4-2-3-5-16(15)19;;/h2-7,11,17,20H,8-10,12H2,1H3;2*1H. The van der Waals surface area contributed by atoms with Gasteiger partial charge < -0.3 is 10.2 Å². The summed E-state index contributed by atoms with van der Waals surface area (Å²) in [7, 11) is 0. The maximum Gasteiger partial charge on any atom is 0.227 e. The van der Waals surface area contributed by atoms with Gasteiger partial charge in [-0.15, -0.1) is 24.8 Å². The summed E-state index contributed by atoms with van der Waals surface area (Å²) >= 11 is 6.33. The topological polar surface area (TPSA) is 45.2 Å². The van der Waals surface area contributed by atoms with Gasteiger partial charge in [-0.3, -0.25) is 9.78 Å². The maximum atomic E-state index is 12.8. The van der Waals surface area contributed by atoms with E-state index in [1.54, 1.807) is 6.20 Å². The van der Waals surface area contributed by atoms with Crippen LogP contribution < -0.4 is 5.32 Å². The van der Waals surface area contributed by atoms with E-state index in [4.69, 9.17) is 11.6 Å². The van der Waals surface area contributed by atoms with Gasteiger partial charge in [0.1, 0.15) is 0 Å². The van der Waals surface area contributed by atoms with Gasteiger partial charge in [0.15, 0.2) is 0 Å². The Morgan fingerprint density at radius 3 is 2.72 bits per heavy atom. The molecule has 1 atom stereocenters. The molecule has 25 heavy (non-hydrogen) atoms. The molecule has 136 valence electrons. The number of carbonyl (C=O) groups is 1. The smallest absolute Gasteiger partial charge is 0.227 e. The van der Waals surface area contributed by atoms with Crippen molar-refractivity contribution in [2.24, 2.45) is 0 Å². The fourth-order valence-electron chi connectivity index (χ4n) is 2.91. The number of hydrogen-bond donors (Lipinski definition) is 1. The van der Waals surface area contributed by atoms with Crippen LogP contribution in [0, 0.1) is 6.92 Å². The largest absolute Gasteiger partial charge is 0.333 e. The Hall–Kier alpha value is -1.33. The molecule has 3 rings (SSSR count). The SMILES string of the molecule is Cc1ccc(CC(=O)N2CCNCC2c2ccccc2Cl)cn1.Cl.Cl. The van der Waals surface area contributed by atoms with Gasteiger partial charge in [0, 0.05) is 36.5 Å². The first kappa shape index (κ1) is 21.7. The molecule has 1 aliphatic rings. The predicted octanol–water partition coefficient (Wildman–Crippen LogP) is 3.60. The first-order valence-corrected chi connectivity index (χ1v) is 8.19. The van der Waals surface area contributed by atoms with Gasteiger partial charge in [-0.1, -0.05) is 35.9 Å². The first-order chi connectivity index (χ1) is 11.1. The third kappa shape index (κ3) is 5.32. The van der Waals surface area contributed by atoms with Gasteiger partial charge in [-0.25, -0.2) is 0 Å². The Kier molecular flexibility index (Phi) is 8.66. The highest BCUT2D eigenvalue weighted by molar-refractivity contribution is 6.31. The second-order valence-corrected chi connectivity index (χ2v) is 6.22. The van der Waals surface area contributed by atoms with E-state index in [2.05, 4.69) is 10.3 Å². The molecule has 0 radical (unpaired) electrons. The Labute approximate surface area is 165 Å². The lowest BCUT2D eigenvalue weighted by Crippen LogP contribution is -2.49. The van der Waals surface area contributed by atoms with Crippen molar-refractivity contribution in [1.82, 2.24) is 15.2 Å². The minimum atomic E-state index is -0.0247. The number of nitrogens with one attached hydrogen (secondary N) is 1. The van der Waals surface area contributed by atoms with Crippen LogP contribution in [0.25, 0.3) is 0 Å². The zero-order chi connectivity index (χ0) is 16.2. The molecular weight excluding hydrogens is 381 g/mol. The third-order valence-electron chi connectivity index (χ3n) is 4.16. The van der Waals surface area contributed by atoms with Crippen molar-refractivity contribution in [3.8, 4) is 0 Å². The number of aryl methyl sites for hydroxylation is 1. The number of piperazine rings is 1. The van der Waals surface area contributed by atoms with Crippen LogP contribution in [0.1, 0.15) is 22.9 Å². The molecule has 4 nitrogen and oxygen atoms in total. The molecule has 2 heterocycles. The van der Waals surface area contributed by atoms with Crippen LogP contribution in [-0.4, -0.2) is 35.4 Å². The number of carbonyl (C=O) groups excluding carboxylic acids is 1. The van der Waals surface area contributed by atoms with Crippen LogP contribution in [0.3, 0.4) is 0 Å². The van der Waals surface area contributed by atoms with Crippen LogP contribution in [0.15, 0.2) is 42.6 Å². The number of nitrogens with zero attached hydrogens (tertiary/aromatic N) is 2. The predicted molar refractivity (Wildman–Crippen MR) is 106 cm³/mol. The van der Waals surface area contributed by atoms with Crippen LogP contribution in [-0.2, 0) is 11.2 Å². The van der Waals surface area contributed by atoms with Gasteiger partial charge in [0.25, 0.3) is 0 Å². The van der Waals surface area contributed by atoms with E-state index in [9.17, 15) is 4.79 Å². The van der Waals surface area contributed by atoms with Crippen molar-refractivity contribution >= 4 is 42.3 Å². The average Bonchev–Trinajstić information content (AvgIpc) is 2.57. The van der Waals surface area contributed by atoms with Crippen molar-refractivity contribution in [3.05, 3.63) is 64.4 Å². The zero-order valence-corrected chi connectivity index (χ0v) is 16.3. The molecule has 7 heteroatoms. The van der Waals surface area contributed by atoms with Crippen molar-refractivity contribution in [1.29, 1.82) is 0 Å². The van der Waals surface area contributed by atoms with Crippen LogP contribution in [0.4, 0.5) is 0 Å². The lowest BCUT2D eigenvalue weighted by molar-refractivity contribution is -0.133. The monoisotopic (exact) mass is 401 g/mol. The highest BCUT2D eigenvalue weighted by Gasteiger charge is 2.28. The Morgan fingerprint density at radius 1 is 1.28 bits per heavy atom. The summed E-state index contributed by atoms with van der Waals surface area (Å²) in [5.41, 5.74) is 2.89. The van der Waals surface area contributed by atoms with Crippen molar-refractivity contribution in [2.45, 2.75) is 19.4 Å². The number of amides is 1. The molecular formula is C18H22Cl3N3O. The van der Waals surface area contributed by atoms with E-state index in [-0.39, 0.29) is 36.8 Å². The molecule has 1 fully saturated rings. The Balaban J connectivity index is 0.00000156. The number of hydrogen-bond acceptors (Lipinski definition) is 3. The van der Waals surface area contributed by atoms with Gasteiger partial charge in [-0.05, 0) is 30.2 Å². The molecule has 0 bridgehead atoms. The third-order valence-corrected chi connectivity index (χ3v) is 4.50. The van der Waals surface area contributed by atoms with E-state index < -0.39 is 0 Å². The number of aromatic nitrogens is 1. The molecule has 0 aliphatic carbocycles. The summed E-state index contributed by atoms with van der Waals surface area (Å²) in [6, 6.07) is 11.6. The van der Waals surface area contributed by atoms with Gasteiger partial charge >= 0.3 is 0 Å². The van der Waals surface area contributed by atoms with Crippen molar-refractivity contribution in [2.75, 3.05) is 19.6 Å². The fourth-order valence-corrected chi connectivity index (χ4v) is 3.17. The summed E-state index contributed by atoms with van der Waals surface area (Å²) in [4.78, 5) is 19.0. The fraction of sp³-hybridized carbons (Fsp3) is 0.333. The highest BCUT2D eigenvalue weighted by atomic mass is 35.5. The molecule has 0 spiro atoms. The minimum absolute atomic E-state index is 0. The van der Waals surface area contributed by atoms with Crippen LogP contribution in [0.5, 0.6) is 0 Å². The quantitative estimate of drug-likeness (QED) is 0.853. The first-order valence-electron chi connectivity index (χ1n) is 7.81. The maximum absolute atomic E-state index is 12.8. The molecule has 0 saturated carbocycles. The lowest BCUT2D eigenvalue weighted by atomic mass is 10.0. The van der Waals surface area contributed by atoms with Crippen molar-refractivity contribution < 1.29 is 4.79 Å². The minimum Gasteiger partial charge on any atom is -0.333 e. The summed E-state index contributed by atoms with van der Waals surface area (Å²) < 4.78 is 0. The van der Waals surface area contributed by atoms with Crippen LogP contribution in [0.2, 0.25) is 5.02 Å². The molecule has 1 amide bonds. The van der Waals surface area contributed by atoms with Crippen molar-refractivity contribution in [3.63, 3.8) is 0 Å². The van der Waals surface area contributed by atoms with Gasteiger partial charge in [-0.2, -0.15) is 0 Å². The van der Waals surface area contributed by atoms with E-state index in [1.807, 2.05) is 48.2 Å². The van der Waals surface area contributed by atoms with E-state index in [0.717, 1.165) is 29.9 Å². The average molecular weight is 403 g/mol. The molecule has 1 N–H and O–H groups in total. The van der Waals surface area contributed by atoms with E-state index in [0.29, 0.717) is 18.0 Å². The number of rotatable bonds is 3. The van der Waals surface area contributed by atoms with E-state index >= 15 is 0 Å². The number of halogens is 3. The summed E-state index contributed by atoms with van der Waals surface area (Å²) in [6.45, 7) is 4.16. The summed E-state index contributed by atoms with van der Waals surface area (Å²) in [6.07, 6.45) is 2.15. The zero-order valence-electron chi connectivity index (χ0n) is 13.9. The van der Waals surface area contributed by atoms with Gasteiger partial charge in [0.2, 0.25) is 5.91 Å². The summed E-state index contributed by atoms with van der Waals surface area (Å²) in [5.74, 6) is 0.113. The highest BCUT2D eigenvalue weighted by Crippen LogP contribution is 2.28. The normalized spacial score (nSPS) is 16.6. The Morgan fingerprint density at radius 2 is 2.04 bits per heavy atom. The second kappa shape index (κ2) is 9.97. The van der Waals surface area contributed by atoms with Crippen LogP contribution >= 0.6 is 36.4 Å². The lowest BCUT2D eigenvalue weighted by Gasteiger charge is -2.37. The molecule has 1 unspecified atom stereocenters. The summed E-state index contributed by atoms with van der Waals surface area (Å²) in [5, 5.41) is 4.06. The number of benzene rings is 1. The molecule has 1 aromatic carbocycles. The second-order valence-electron chi connectivity index (χ2n) is 5.81.